The Morgan fingerprint density at radius 1 is 0.833 bits per heavy atom. The Bertz CT molecular complexity index is 724. The van der Waals surface area contributed by atoms with Gasteiger partial charge in [-0.05, 0) is 47.9 Å². The second-order valence-corrected chi connectivity index (χ2v) is 5.17. The zero-order valence-electron chi connectivity index (χ0n) is 14.5. The normalized spacial score (nSPS) is 11.1. The minimum absolute atomic E-state index is 0.101. The van der Waals surface area contributed by atoms with Gasteiger partial charge in [-0.2, -0.15) is 0 Å². The highest BCUT2D eigenvalue weighted by molar-refractivity contribution is 5.82. The highest BCUT2D eigenvalue weighted by Crippen LogP contribution is 2.40. The number of hydrogen-bond donors (Lipinski definition) is 1. The summed E-state index contributed by atoms with van der Waals surface area (Å²) < 4.78 is 21.2. The predicted molar refractivity (Wildman–Crippen MR) is 94.3 cm³/mol. The third-order valence-electron chi connectivity index (χ3n) is 3.71. The third kappa shape index (κ3) is 3.56. The molecule has 0 aliphatic heterocycles. The molecule has 0 atom stereocenters. The fraction of sp³-hybridized carbons (Fsp3) is 0.263. The van der Waals surface area contributed by atoms with Crippen LogP contribution < -0.4 is 18.9 Å². The quantitative estimate of drug-likeness (QED) is 0.812. The van der Waals surface area contributed by atoms with E-state index in [9.17, 15) is 5.11 Å². The van der Waals surface area contributed by atoms with Crippen LogP contribution in [0.3, 0.4) is 0 Å². The van der Waals surface area contributed by atoms with Gasteiger partial charge in [0, 0.05) is 0 Å². The Kier molecular flexibility index (Phi) is 5.58. The van der Waals surface area contributed by atoms with Crippen LogP contribution in [0.4, 0.5) is 0 Å². The summed E-state index contributed by atoms with van der Waals surface area (Å²) >= 11 is 0. The molecule has 0 radical (unpaired) electrons. The lowest BCUT2D eigenvalue weighted by atomic mass is 10.0. The van der Waals surface area contributed by atoms with Crippen LogP contribution in [0, 0.1) is 0 Å². The average molecular weight is 330 g/mol. The van der Waals surface area contributed by atoms with E-state index in [0.717, 1.165) is 16.7 Å². The van der Waals surface area contributed by atoms with Crippen molar-refractivity contribution in [1.82, 2.24) is 0 Å². The van der Waals surface area contributed by atoms with Crippen LogP contribution in [0.2, 0.25) is 0 Å². The molecule has 0 saturated carbocycles. The summed E-state index contributed by atoms with van der Waals surface area (Å²) in [6, 6.07) is 9.02. The molecule has 0 bridgehead atoms. The van der Waals surface area contributed by atoms with Gasteiger partial charge in [0.2, 0.25) is 5.75 Å². The van der Waals surface area contributed by atoms with Crippen LogP contribution in [0.5, 0.6) is 28.7 Å². The van der Waals surface area contributed by atoms with Crippen molar-refractivity contribution in [3.05, 3.63) is 41.5 Å². The summed E-state index contributed by atoms with van der Waals surface area (Å²) in [5, 5.41) is 9.90. The first-order valence-electron chi connectivity index (χ1n) is 7.39. The molecule has 1 N–H and O–H groups in total. The van der Waals surface area contributed by atoms with Gasteiger partial charge in [0.1, 0.15) is 0 Å². The van der Waals surface area contributed by atoms with Crippen molar-refractivity contribution in [1.29, 1.82) is 0 Å². The molecule has 0 spiro atoms. The highest BCUT2D eigenvalue weighted by atomic mass is 16.5. The van der Waals surface area contributed by atoms with E-state index in [1.165, 1.54) is 7.11 Å². The summed E-state index contributed by atoms with van der Waals surface area (Å²) in [4.78, 5) is 0. The topological polar surface area (TPSA) is 57.2 Å². The van der Waals surface area contributed by atoms with Crippen LogP contribution in [0.15, 0.2) is 30.3 Å². The number of ether oxygens (including phenoxy) is 4. The zero-order valence-corrected chi connectivity index (χ0v) is 14.5. The van der Waals surface area contributed by atoms with E-state index in [4.69, 9.17) is 18.9 Å². The van der Waals surface area contributed by atoms with Crippen molar-refractivity contribution in [2.24, 2.45) is 0 Å². The van der Waals surface area contributed by atoms with Crippen LogP contribution in [-0.4, -0.2) is 33.5 Å². The maximum Gasteiger partial charge on any atom is 0.203 e. The van der Waals surface area contributed by atoms with Crippen LogP contribution in [0.25, 0.3) is 11.6 Å². The number of allylic oxidation sites excluding steroid dienone is 1. The standard InChI is InChI=1S/C19H22O5/c1-12(8-13-6-7-16(21-2)15(20)9-13)14-10-17(22-3)19(24-5)18(11-14)23-4/h6-11,20H,1-5H3. The lowest BCUT2D eigenvalue weighted by molar-refractivity contribution is 0.324. The maximum atomic E-state index is 9.90. The van der Waals surface area contributed by atoms with Crippen molar-refractivity contribution in [3.63, 3.8) is 0 Å². The van der Waals surface area contributed by atoms with Gasteiger partial charge in [-0.25, -0.2) is 0 Å². The van der Waals surface area contributed by atoms with Gasteiger partial charge in [0.15, 0.2) is 23.0 Å². The molecule has 128 valence electrons. The third-order valence-corrected chi connectivity index (χ3v) is 3.71. The molecule has 2 aromatic rings. The van der Waals surface area contributed by atoms with Gasteiger partial charge in [0.25, 0.3) is 0 Å². The van der Waals surface area contributed by atoms with Crippen molar-refractivity contribution >= 4 is 11.6 Å². The van der Waals surface area contributed by atoms with Gasteiger partial charge in [-0.3, -0.25) is 0 Å². The predicted octanol–water partition coefficient (Wildman–Crippen LogP) is 3.99. The SMILES string of the molecule is COc1ccc(C=C(C)c2cc(OC)c(OC)c(OC)c2)cc1O. The lowest BCUT2D eigenvalue weighted by Gasteiger charge is -2.14. The van der Waals surface area contributed by atoms with Gasteiger partial charge in [0.05, 0.1) is 28.4 Å². The molecule has 0 heterocycles. The first-order chi connectivity index (χ1) is 11.5. The molecular weight excluding hydrogens is 308 g/mol. The monoisotopic (exact) mass is 330 g/mol. The van der Waals surface area contributed by atoms with Gasteiger partial charge >= 0.3 is 0 Å². The number of benzene rings is 2. The van der Waals surface area contributed by atoms with Gasteiger partial charge < -0.3 is 24.1 Å². The summed E-state index contributed by atoms with van der Waals surface area (Å²) in [6.45, 7) is 1.97. The van der Waals surface area contributed by atoms with E-state index in [1.54, 1.807) is 33.5 Å². The van der Waals surface area contributed by atoms with E-state index >= 15 is 0 Å². The zero-order chi connectivity index (χ0) is 17.7. The van der Waals surface area contributed by atoms with Crippen LogP contribution in [0.1, 0.15) is 18.1 Å². The van der Waals surface area contributed by atoms with E-state index < -0.39 is 0 Å². The molecule has 0 saturated heterocycles. The molecule has 24 heavy (non-hydrogen) atoms. The van der Waals surface area contributed by atoms with E-state index in [2.05, 4.69) is 0 Å². The Morgan fingerprint density at radius 3 is 1.88 bits per heavy atom. The van der Waals surface area contributed by atoms with Crippen molar-refractivity contribution < 1.29 is 24.1 Å². The Morgan fingerprint density at radius 2 is 1.42 bits per heavy atom. The minimum atomic E-state index is 0.101. The number of rotatable bonds is 6. The molecule has 0 unspecified atom stereocenters. The Labute approximate surface area is 142 Å². The molecule has 2 rings (SSSR count). The van der Waals surface area contributed by atoms with Gasteiger partial charge in [-0.1, -0.05) is 12.1 Å². The number of phenolic OH excluding ortho intramolecular Hbond substituents is 1. The molecular formula is C19H22O5. The maximum absolute atomic E-state index is 9.90. The average Bonchev–Trinajstić information content (AvgIpc) is 2.60. The molecule has 0 aliphatic carbocycles. The fourth-order valence-corrected chi connectivity index (χ4v) is 2.44. The minimum Gasteiger partial charge on any atom is -0.504 e. The van der Waals surface area contributed by atoms with E-state index in [-0.39, 0.29) is 5.75 Å². The molecule has 5 heteroatoms. The molecule has 5 nitrogen and oxygen atoms in total. The fourth-order valence-electron chi connectivity index (χ4n) is 2.44. The Balaban J connectivity index is 2.45. The summed E-state index contributed by atoms with van der Waals surface area (Å²) in [7, 11) is 6.26. The number of aromatic hydroxyl groups is 1. The number of phenols is 1. The summed E-state index contributed by atoms with van der Waals surface area (Å²) in [6.07, 6.45) is 1.96. The van der Waals surface area contributed by atoms with Crippen LogP contribution >= 0.6 is 0 Å². The molecule has 0 fully saturated rings. The second kappa shape index (κ2) is 7.64. The summed E-state index contributed by atoms with van der Waals surface area (Å²) in [5.74, 6) is 2.29. The largest absolute Gasteiger partial charge is 0.504 e. The smallest absolute Gasteiger partial charge is 0.203 e. The van der Waals surface area contributed by atoms with Crippen molar-refractivity contribution in [2.75, 3.05) is 28.4 Å². The highest BCUT2D eigenvalue weighted by Gasteiger charge is 2.14. The Hall–Kier alpha value is -2.82. The first kappa shape index (κ1) is 17.5. The lowest BCUT2D eigenvalue weighted by Crippen LogP contribution is -1.96. The van der Waals surface area contributed by atoms with Crippen molar-refractivity contribution in [2.45, 2.75) is 6.92 Å². The molecule has 2 aromatic carbocycles. The number of methoxy groups -OCH3 is 4. The second-order valence-electron chi connectivity index (χ2n) is 5.17. The molecule has 0 amide bonds. The van der Waals surface area contributed by atoms with Crippen LogP contribution in [-0.2, 0) is 0 Å². The van der Waals surface area contributed by atoms with Crippen molar-refractivity contribution in [3.8, 4) is 28.7 Å². The van der Waals surface area contributed by atoms with E-state index in [1.807, 2.05) is 31.2 Å². The molecule has 0 aromatic heterocycles. The van der Waals surface area contributed by atoms with E-state index in [0.29, 0.717) is 23.0 Å². The van der Waals surface area contributed by atoms with Gasteiger partial charge in [-0.15, -0.1) is 0 Å². The molecule has 0 aliphatic rings. The number of hydrogen-bond acceptors (Lipinski definition) is 5. The first-order valence-corrected chi connectivity index (χ1v) is 7.39. The summed E-state index contributed by atoms with van der Waals surface area (Å²) in [5.41, 5.74) is 2.78.